The van der Waals surface area contributed by atoms with Crippen molar-refractivity contribution in [3.63, 3.8) is 0 Å². The molecule has 1 atom stereocenters. The molecule has 1 amide bonds. The van der Waals surface area contributed by atoms with Gasteiger partial charge in [0.1, 0.15) is 0 Å². The van der Waals surface area contributed by atoms with Gasteiger partial charge < -0.3 is 15.2 Å². The fourth-order valence-corrected chi connectivity index (χ4v) is 2.67. The van der Waals surface area contributed by atoms with Gasteiger partial charge in [-0.05, 0) is 24.3 Å². The van der Waals surface area contributed by atoms with Gasteiger partial charge in [-0.2, -0.15) is 5.10 Å². The molecular weight excluding hydrogens is 284 g/mol. The van der Waals surface area contributed by atoms with Gasteiger partial charge in [-0.15, -0.1) is 0 Å². The first-order chi connectivity index (χ1) is 10.7. The number of rotatable bonds is 5. The molecule has 2 aromatic heterocycles. The summed E-state index contributed by atoms with van der Waals surface area (Å²) in [7, 11) is 1.56. The second-order valence-corrected chi connectivity index (χ2v) is 5.46. The molecule has 2 heterocycles. The summed E-state index contributed by atoms with van der Waals surface area (Å²) >= 11 is 0. The van der Waals surface area contributed by atoms with Crippen LogP contribution in [0.15, 0.2) is 30.7 Å². The lowest BCUT2D eigenvalue weighted by atomic mass is 9.75. The highest BCUT2D eigenvalue weighted by molar-refractivity contribution is 5.93. The molecule has 0 aromatic carbocycles. The summed E-state index contributed by atoms with van der Waals surface area (Å²) in [5, 5.41) is 19.0. The number of pyridine rings is 1. The number of H-pyrrole nitrogens is 1. The molecule has 7 heteroatoms. The Hall–Kier alpha value is -2.41. The monoisotopic (exact) mass is 302 g/mol. The molecule has 1 aliphatic rings. The standard InChI is InChI=1S/C15H18N4O3/c1-22-13-3-2-9(6-16-13)14(10-4-12(20)5-10)19-15(21)11-7-17-18-8-11/h2-3,6-8,10,12,14,20H,4-5H2,1H3,(H,17,18)(H,19,21)/t10?,12?,14-/m1/s1. The van der Waals surface area contributed by atoms with Gasteiger partial charge in [-0.3, -0.25) is 9.89 Å². The van der Waals surface area contributed by atoms with Crippen LogP contribution < -0.4 is 10.1 Å². The highest BCUT2D eigenvalue weighted by Crippen LogP contribution is 2.38. The number of aromatic amines is 1. The van der Waals surface area contributed by atoms with Crippen molar-refractivity contribution in [3.05, 3.63) is 41.9 Å². The molecule has 0 spiro atoms. The van der Waals surface area contributed by atoms with Crippen LogP contribution >= 0.6 is 0 Å². The zero-order chi connectivity index (χ0) is 15.5. The Kier molecular flexibility index (Phi) is 4.06. The Morgan fingerprint density at radius 3 is 2.82 bits per heavy atom. The van der Waals surface area contributed by atoms with Crippen LogP contribution in [-0.2, 0) is 0 Å². The van der Waals surface area contributed by atoms with Crippen LogP contribution in [0.25, 0.3) is 0 Å². The van der Waals surface area contributed by atoms with E-state index in [2.05, 4.69) is 20.5 Å². The molecule has 0 aliphatic heterocycles. The third-order valence-corrected chi connectivity index (χ3v) is 4.00. The number of aliphatic hydroxyl groups excluding tert-OH is 1. The van der Waals surface area contributed by atoms with Crippen molar-refractivity contribution in [2.45, 2.75) is 25.0 Å². The largest absolute Gasteiger partial charge is 0.481 e. The quantitative estimate of drug-likeness (QED) is 0.766. The van der Waals surface area contributed by atoms with E-state index >= 15 is 0 Å². The smallest absolute Gasteiger partial charge is 0.254 e. The molecule has 0 bridgehead atoms. The van der Waals surface area contributed by atoms with E-state index in [1.165, 1.54) is 6.20 Å². The molecule has 116 valence electrons. The Morgan fingerprint density at radius 2 is 2.27 bits per heavy atom. The van der Waals surface area contributed by atoms with E-state index in [0.717, 1.165) is 5.56 Å². The molecule has 1 fully saturated rings. The maximum atomic E-state index is 12.3. The number of ether oxygens (including phenoxy) is 1. The number of hydrogen-bond acceptors (Lipinski definition) is 5. The van der Waals surface area contributed by atoms with Crippen LogP contribution in [0.4, 0.5) is 0 Å². The maximum absolute atomic E-state index is 12.3. The van der Waals surface area contributed by atoms with Gasteiger partial charge in [-0.1, -0.05) is 6.07 Å². The number of methoxy groups -OCH3 is 1. The average Bonchev–Trinajstić information content (AvgIpc) is 3.04. The van der Waals surface area contributed by atoms with E-state index in [1.54, 1.807) is 25.6 Å². The Bertz CT molecular complexity index is 621. The van der Waals surface area contributed by atoms with E-state index in [0.29, 0.717) is 24.3 Å². The van der Waals surface area contributed by atoms with Gasteiger partial charge in [0.2, 0.25) is 5.88 Å². The highest BCUT2D eigenvalue weighted by atomic mass is 16.5. The Balaban J connectivity index is 1.78. The number of nitrogens with one attached hydrogen (secondary N) is 2. The average molecular weight is 302 g/mol. The minimum absolute atomic E-state index is 0.191. The van der Waals surface area contributed by atoms with E-state index in [9.17, 15) is 9.90 Å². The third-order valence-electron chi connectivity index (χ3n) is 4.00. The summed E-state index contributed by atoms with van der Waals surface area (Å²) in [6, 6.07) is 3.46. The first-order valence-corrected chi connectivity index (χ1v) is 7.15. The summed E-state index contributed by atoms with van der Waals surface area (Å²) in [5.74, 6) is 0.523. The lowest BCUT2D eigenvalue weighted by molar-refractivity contribution is 0.0234. The normalized spacial score (nSPS) is 21.7. The summed E-state index contributed by atoms with van der Waals surface area (Å²) in [6.07, 6.45) is 5.78. The molecule has 2 aromatic rings. The molecule has 3 rings (SSSR count). The Morgan fingerprint density at radius 1 is 1.45 bits per heavy atom. The van der Waals surface area contributed by atoms with E-state index in [-0.39, 0.29) is 24.0 Å². The van der Waals surface area contributed by atoms with Crippen molar-refractivity contribution in [3.8, 4) is 5.88 Å². The van der Waals surface area contributed by atoms with E-state index in [1.807, 2.05) is 6.07 Å². The number of aliphatic hydroxyl groups is 1. The molecule has 3 N–H and O–H groups in total. The number of aromatic nitrogens is 3. The van der Waals surface area contributed by atoms with Crippen LogP contribution in [0.3, 0.4) is 0 Å². The topological polar surface area (TPSA) is 100 Å². The number of carbonyl (C=O) groups is 1. The SMILES string of the molecule is COc1ccc([C@@H](NC(=O)c2cn[nH]c2)C2CC(O)C2)cn1. The molecule has 1 aliphatic carbocycles. The second-order valence-electron chi connectivity index (χ2n) is 5.46. The van der Waals surface area contributed by atoms with E-state index in [4.69, 9.17) is 4.74 Å². The van der Waals surface area contributed by atoms with Crippen LogP contribution in [-0.4, -0.2) is 39.4 Å². The highest BCUT2D eigenvalue weighted by Gasteiger charge is 2.36. The minimum atomic E-state index is -0.287. The predicted molar refractivity (Wildman–Crippen MR) is 78.3 cm³/mol. The Labute approximate surface area is 127 Å². The van der Waals surface area contributed by atoms with Crippen molar-refractivity contribution in [1.29, 1.82) is 0 Å². The van der Waals surface area contributed by atoms with Gasteiger partial charge >= 0.3 is 0 Å². The van der Waals surface area contributed by atoms with Gasteiger partial charge in [0.05, 0.1) is 31.0 Å². The summed E-state index contributed by atoms with van der Waals surface area (Å²) in [6.45, 7) is 0. The van der Waals surface area contributed by atoms with Gasteiger partial charge in [0.25, 0.3) is 5.91 Å². The van der Waals surface area contributed by atoms with Crippen molar-refractivity contribution >= 4 is 5.91 Å². The van der Waals surface area contributed by atoms with Crippen molar-refractivity contribution in [1.82, 2.24) is 20.5 Å². The molecule has 0 radical (unpaired) electrons. The number of amides is 1. The molecular formula is C15H18N4O3. The third kappa shape index (κ3) is 2.94. The van der Waals surface area contributed by atoms with Crippen LogP contribution in [0.1, 0.15) is 34.8 Å². The van der Waals surface area contributed by atoms with Gasteiger partial charge in [0, 0.05) is 18.5 Å². The van der Waals surface area contributed by atoms with Gasteiger partial charge in [0.15, 0.2) is 0 Å². The van der Waals surface area contributed by atoms with Crippen molar-refractivity contribution in [2.75, 3.05) is 7.11 Å². The fourth-order valence-electron chi connectivity index (χ4n) is 2.67. The van der Waals surface area contributed by atoms with Gasteiger partial charge in [-0.25, -0.2) is 4.98 Å². The van der Waals surface area contributed by atoms with Crippen molar-refractivity contribution in [2.24, 2.45) is 5.92 Å². The molecule has 1 saturated carbocycles. The molecule has 0 saturated heterocycles. The zero-order valence-electron chi connectivity index (χ0n) is 12.2. The first kappa shape index (κ1) is 14.5. The predicted octanol–water partition coefficient (Wildman–Crippen LogP) is 1.06. The molecule has 22 heavy (non-hydrogen) atoms. The van der Waals surface area contributed by atoms with Crippen LogP contribution in [0, 0.1) is 5.92 Å². The fraction of sp³-hybridized carbons (Fsp3) is 0.400. The first-order valence-electron chi connectivity index (χ1n) is 7.15. The van der Waals surface area contributed by atoms with Crippen LogP contribution in [0.2, 0.25) is 0 Å². The molecule has 0 unspecified atom stereocenters. The number of carbonyl (C=O) groups excluding carboxylic acids is 1. The minimum Gasteiger partial charge on any atom is -0.481 e. The van der Waals surface area contributed by atoms with E-state index < -0.39 is 0 Å². The summed E-state index contributed by atoms with van der Waals surface area (Å²) in [5.41, 5.74) is 1.38. The number of hydrogen-bond donors (Lipinski definition) is 3. The second kappa shape index (κ2) is 6.15. The lowest BCUT2D eigenvalue weighted by Crippen LogP contribution is -2.41. The summed E-state index contributed by atoms with van der Waals surface area (Å²) < 4.78 is 5.06. The van der Waals surface area contributed by atoms with Crippen molar-refractivity contribution < 1.29 is 14.6 Å². The summed E-state index contributed by atoms with van der Waals surface area (Å²) in [4.78, 5) is 16.5. The van der Waals surface area contributed by atoms with Crippen LogP contribution in [0.5, 0.6) is 5.88 Å². The lowest BCUT2D eigenvalue weighted by Gasteiger charge is -2.38. The maximum Gasteiger partial charge on any atom is 0.254 e. The molecule has 7 nitrogen and oxygen atoms in total. The zero-order valence-corrected chi connectivity index (χ0v) is 12.2. The number of nitrogens with zero attached hydrogens (tertiary/aromatic N) is 2.